The lowest BCUT2D eigenvalue weighted by atomic mass is 9.79. The molecule has 0 aliphatic heterocycles. The molecule has 3 aromatic rings. The molecule has 0 atom stereocenters. The van der Waals surface area contributed by atoms with E-state index in [1.165, 1.54) is 27.8 Å². The van der Waals surface area contributed by atoms with Gasteiger partial charge in [0, 0.05) is 5.56 Å². The Morgan fingerprint density at radius 1 is 0.935 bits per heavy atom. The highest BCUT2D eigenvalue weighted by atomic mass is 32.2. The third kappa shape index (κ3) is 3.59. The van der Waals surface area contributed by atoms with Gasteiger partial charge < -0.3 is 4.42 Å². The quantitative estimate of drug-likeness (QED) is 0.504. The second-order valence-electron chi connectivity index (χ2n) is 8.43. The molecule has 31 heavy (non-hydrogen) atoms. The van der Waals surface area contributed by atoms with Gasteiger partial charge in [-0.1, -0.05) is 54.6 Å². The lowest BCUT2D eigenvalue weighted by molar-refractivity contribution is 0.504. The average Bonchev–Trinajstić information content (AvgIpc) is 3.09. The van der Waals surface area contributed by atoms with Crippen molar-refractivity contribution in [3.63, 3.8) is 0 Å². The zero-order chi connectivity index (χ0) is 21.6. The van der Waals surface area contributed by atoms with Crippen LogP contribution in [0.4, 0.5) is 0 Å². The molecule has 0 unspecified atom stereocenters. The van der Waals surface area contributed by atoms with E-state index in [2.05, 4.69) is 30.3 Å². The maximum atomic E-state index is 13.3. The summed E-state index contributed by atoms with van der Waals surface area (Å²) in [7, 11) is -3.42. The zero-order valence-corrected chi connectivity index (χ0v) is 18.8. The van der Waals surface area contributed by atoms with Crippen molar-refractivity contribution in [2.45, 2.75) is 39.5 Å². The zero-order valence-electron chi connectivity index (χ0n) is 17.9. The number of benzene rings is 2. The molecule has 4 heteroatoms. The Balaban J connectivity index is 1.48. The van der Waals surface area contributed by atoms with Gasteiger partial charge in [0.2, 0.25) is 0 Å². The topological polar surface area (TPSA) is 47.3 Å². The first-order chi connectivity index (χ1) is 14.9. The van der Waals surface area contributed by atoms with Crippen LogP contribution in [0.5, 0.6) is 0 Å². The number of hydrogen-bond acceptors (Lipinski definition) is 3. The molecule has 0 saturated heterocycles. The summed E-state index contributed by atoms with van der Waals surface area (Å²) in [5, 5.41) is 0. The van der Waals surface area contributed by atoms with Crippen molar-refractivity contribution in [3.05, 3.63) is 94.0 Å². The summed E-state index contributed by atoms with van der Waals surface area (Å²) < 4.78 is 32.0. The van der Waals surface area contributed by atoms with Gasteiger partial charge in [-0.05, 0) is 79.0 Å². The van der Waals surface area contributed by atoms with Crippen molar-refractivity contribution in [2.24, 2.45) is 0 Å². The van der Waals surface area contributed by atoms with Crippen molar-refractivity contribution < 1.29 is 12.8 Å². The van der Waals surface area contributed by atoms with Crippen LogP contribution in [-0.2, 0) is 29.1 Å². The van der Waals surface area contributed by atoms with Crippen LogP contribution in [0.1, 0.15) is 45.8 Å². The molecular formula is C27H26O3S. The van der Waals surface area contributed by atoms with Gasteiger partial charge in [-0.3, -0.25) is 0 Å². The maximum absolute atomic E-state index is 13.3. The van der Waals surface area contributed by atoms with Gasteiger partial charge >= 0.3 is 0 Å². The van der Waals surface area contributed by atoms with E-state index < -0.39 is 9.84 Å². The predicted molar refractivity (Wildman–Crippen MR) is 127 cm³/mol. The maximum Gasteiger partial charge on any atom is 0.182 e. The van der Waals surface area contributed by atoms with Crippen molar-refractivity contribution in [1.82, 2.24) is 0 Å². The van der Waals surface area contributed by atoms with E-state index in [0.717, 1.165) is 48.3 Å². The summed E-state index contributed by atoms with van der Waals surface area (Å²) in [5.74, 6) is 1.62. The van der Waals surface area contributed by atoms with Gasteiger partial charge in [-0.15, -0.1) is 0 Å². The van der Waals surface area contributed by atoms with E-state index in [4.69, 9.17) is 4.42 Å². The summed E-state index contributed by atoms with van der Waals surface area (Å²) in [4.78, 5) is 0.486. The molecule has 1 heterocycles. The number of allylic oxidation sites excluding steroid dienone is 1. The SMILES string of the molecule is Cc1cc(C=CCS(=O)(=O)C2=CCCc3c2ccc2c3CCc3ccccc3-2)c(C)o1. The third-order valence-corrected chi connectivity index (χ3v) is 8.09. The summed E-state index contributed by atoms with van der Waals surface area (Å²) >= 11 is 0. The molecule has 158 valence electrons. The molecule has 2 aliphatic rings. The predicted octanol–water partition coefficient (Wildman–Crippen LogP) is 6.08. The molecule has 1 aromatic heterocycles. The van der Waals surface area contributed by atoms with Crippen LogP contribution < -0.4 is 0 Å². The van der Waals surface area contributed by atoms with Gasteiger partial charge in [-0.2, -0.15) is 0 Å². The van der Waals surface area contributed by atoms with Crippen molar-refractivity contribution in [1.29, 1.82) is 0 Å². The fraction of sp³-hybridized carbons (Fsp3) is 0.259. The Morgan fingerprint density at radius 3 is 2.52 bits per heavy atom. The van der Waals surface area contributed by atoms with Crippen molar-refractivity contribution in [3.8, 4) is 11.1 Å². The van der Waals surface area contributed by atoms with E-state index in [0.29, 0.717) is 4.91 Å². The Morgan fingerprint density at radius 2 is 1.71 bits per heavy atom. The number of hydrogen-bond donors (Lipinski definition) is 0. The standard InChI is InChI=1S/C27H26O3S/c1-18-17-21(19(2)30-18)8-6-16-31(28,29)27-11-5-10-23-25-13-12-20-7-3-4-9-22(20)24(25)14-15-26(23)27/h3-4,6-9,11,14-15,17H,5,10,12-13,16H2,1-2H3. The van der Waals surface area contributed by atoms with E-state index in [1.54, 1.807) is 6.08 Å². The number of fused-ring (bicyclic) bond motifs is 5. The lowest BCUT2D eigenvalue weighted by Crippen LogP contribution is -2.15. The second kappa shape index (κ2) is 7.69. The fourth-order valence-electron chi connectivity index (χ4n) is 4.97. The van der Waals surface area contributed by atoms with E-state index in [1.807, 2.05) is 38.1 Å². The van der Waals surface area contributed by atoms with E-state index in [-0.39, 0.29) is 5.75 Å². The fourth-order valence-corrected chi connectivity index (χ4v) is 6.39. The lowest BCUT2D eigenvalue weighted by Gasteiger charge is -2.27. The van der Waals surface area contributed by atoms with Crippen LogP contribution in [-0.4, -0.2) is 14.2 Å². The summed E-state index contributed by atoms with van der Waals surface area (Å²) in [6.07, 6.45) is 9.14. The molecule has 0 amide bonds. The number of furan rings is 1. The van der Waals surface area contributed by atoms with Gasteiger partial charge in [0.05, 0.1) is 10.7 Å². The summed E-state index contributed by atoms with van der Waals surface area (Å²) in [6.45, 7) is 3.78. The average molecular weight is 431 g/mol. The Kier molecular flexibility index (Phi) is 4.98. The van der Waals surface area contributed by atoms with Gasteiger partial charge in [0.15, 0.2) is 9.84 Å². The molecule has 0 radical (unpaired) electrons. The highest BCUT2D eigenvalue weighted by Crippen LogP contribution is 2.41. The number of aryl methyl sites for hydroxylation is 3. The first-order valence-electron chi connectivity index (χ1n) is 10.8. The minimum atomic E-state index is -3.42. The summed E-state index contributed by atoms with van der Waals surface area (Å²) in [6, 6.07) is 14.6. The molecule has 0 bridgehead atoms. The van der Waals surface area contributed by atoms with Crippen molar-refractivity contribution in [2.75, 3.05) is 5.75 Å². The Labute approximate surface area is 184 Å². The molecular weight excluding hydrogens is 404 g/mol. The van der Waals surface area contributed by atoms with Crippen molar-refractivity contribution >= 4 is 20.8 Å². The highest BCUT2D eigenvalue weighted by Gasteiger charge is 2.28. The first-order valence-corrected chi connectivity index (χ1v) is 12.5. The van der Waals surface area contributed by atoms with Crippen LogP contribution in [0.15, 0.2) is 59.0 Å². The molecule has 3 nitrogen and oxygen atoms in total. The van der Waals surface area contributed by atoms with Gasteiger partial charge in [0.1, 0.15) is 11.5 Å². The number of rotatable bonds is 4. The minimum absolute atomic E-state index is 0.0120. The van der Waals surface area contributed by atoms with E-state index >= 15 is 0 Å². The van der Waals surface area contributed by atoms with Crippen LogP contribution in [0.2, 0.25) is 0 Å². The Bertz CT molecular complexity index is 1340. The second-order valence-corrected chi connectivity index (χ2v) is 10.4. The molecule has 0 N–H and O–H groups in total. The Hall–Kier alpha value is -2.85. The van der Waals surface area contributed by atoms with Crippen LogP contribution in [0.25, 0.3) is 22.1 Å². The molecule has 0 spiro atoms. The molecule has 0 fully saturated rings. The first kappa shape index (κ1) is 20.1. The monoisotopic (exact) mass is 430 g/mol. The van der Waals surface area contributed by atoms with E-state index in [9.17, 15) is 8.42 Å². The molecule has 2 aromatic carbocycles. The largest absolute Gasteiger partial charge is 0.466 e. The van der Waals surface area contributed by atoms with Crippen LogP contribution in [0, 0.1) is 13.8 Å². The normalized spacial score (nSPS) is 15.4. The molecule has 0 saturated carbocycles. The van der Waals surface area contributed by atoms with Crippen LogP contribution >= 0.6 is 0 Å². The minimum Gasteiger partial charge on any atom is -0.466 e. The smallest absolute Gasteiger partial charge is 0.182 e. The summed E-state index contributed by atoms with van der Waals surface area (Å²) in [5.41, 5.74) is 8.32. The molecule has 5 rings (SSSR count). The van der Waals surface area contributed by atoms with Crippen LogP contribution in [0.3, 0.4) is 0 Å². The number of sulfone groups is 1. The van der Waals surface area contributed by atoms with Gasteiger partial charge in [-0.25, -0.2) is 8.42 Å². The highest BCUT2D eigenvalue weighted by molar-refractivity contribution is 8.00. The third-order valence-electron chi connectivity index (χ3n) is 6.40. The van der Waals surface area contributed by atoms with Gasteiger partial charge in [0.25, 0.3) is 0 Å². The molecule has 2 aliphatic carbocycles.